The highest BCUT2D eigenvalue weighted by atomic mass is 16.5. The zero-order chi connectivity index (χ0) is 7.82. The van der Waals surface area contributed by atoms with E-state index < -0.39 is 0 Å². The van der Waals surface area contributed by atoms with E-state index in [-0.39, 0.29) is 0 Å². The summed E-state index contributed by atoms with van der Waals surface area (Å²) in [6.45, 7) is 4.23. The van der Waals surface area contributed by atoms with Gasteiger partial charge in [-0.1, -0.05) is 6.92 Å². The Hall–Kier alpha value is -0.0800. The lowest BCUT2D eigenvalue weighted by Gasteiger charge is -2.08. The minimum atomic E-state index is 0.707. The highest BCUT2D eigenvalue weighted by molar-refractivity contribution is 4.52. The molecule has 0 heterocycles. The Kier molecular flexibility index (Phi) is 6.98. The van der Waals surface area contributed by atoms with Crippen molar-refractivity contribution in [2.45, 2.75) is 19.8 Å². The monoisotopic (exact) mass is 145 g/mol. The van der Waals surface area contributed by atoms with E-state index in [1.54, 1.807) is 7.11 Å². The minimum Gasteiger partial charge on any atom is -0.384 e. The number of methoxy groups -OCH3 is 1. The lowest BCUT2D eigenvalue weighted by Crippen LogP contribution is -2.11. The summed E-state index contributed by atoms with van der Waals surface area (Å²) in [5.74, 6) is 0.707. The quantitative estimate of drug-likeness (QED) is 0.568. The van der Waals surface area contributed by atoms with Crippen LogP contribution in [0.4, 0.5) is 0 Å². The van der Waals surface area contributed by atoms with Crippen molar-refractivity contribution < 1.29 is 4.74 Å². The summed E-state index contributed by atoms with van der Waals surface area (Å²) in [5.41, 5.74) is 0. The fourth-order valence-corrected chi connectivity index (χ4v) is 0.995. The largest absolute Gasteiger partial charge is 0.384 e. The van der Waals surface area contributed by atoms with Crippen LogP contribution < -0.4 is 5.32 Å². The molecule has 1 atom stereocenters. The van der Waals surface area contributed by atoms with Crippen molar-refractivity contribution in [1.29, 1.82) is 0 Å². The molecule has 10 heavy (non-hydrogen) atoms. The summed E-state index contributed by atoms with van der Waals surface area (Å²) >= 11 is 0. The van der Waals surface area contributed by atoms with Crippen LogP contribution in [0.1, 0.15) is 19.8 Å². The lowest BCUT2D eigenvalue weighted by molar-refractivity contribution is 0.154. The fourth-order valence-electron chi connectivity index (χ4n) is 0.995. The first-order chi connectivity index (χ1) is 4.81. The maximum atomic E-state index is 5.01. The Balaban J connectivity index is 2.97. The van der Waals surface area contributed by atoms with Gasteiger partial charge in [-0.25, -0.2) is 0 Å². The van der Waals surface area contributed by atoms with Gasteiger partial charge in [-0.3, -0.25) is 0 Å². The van der Waals surface area contributed by atoms with Crippen LogP contribution in [-0.4, -0.2) is 27.3 Å². The number of hydrogen-bond acceptors (Lipinski definition) is 2. The predicted molar refractivity (Wildman–Crippen MR) is 44.2 cm³/mol. The molecule has 0 spiro atoms. The van der Waals surface area contributed by atoms with Crippen LogP contribution in [0.15, 0.2) is 0 Å². The van der Waals surface area contributed by atoms with Gasteiger partial charge in [0, 0.05) is 13.7 Å². The van der Waals surface area contributed by atoms with Crippen LogP contribution in [0.3, 0.4) is 0 Å². The summed E-state index contributed by atoms with van der Waals surface area (Å²) < 4.78 is 5.01. The molecule has 2 nitrogen and oxygen atoms in total. The van der Waals surface area contributed by atoms with Crippen LogP contribution in [0.2, 0.25) is 0 Å². The standard InChI is InChI=1S/C8H19NO/c1-8(7-10-3)5-4-6-9-2/h8-9H,4-7H2,1-3H3. The summed E-state index contributed by atoms with van der Waals surface area (Å²) in [7, 11) is 3.75. The third-order valence-electron chi connectivity index (χ3n) is 1.57. The molecule has 0 amide bonds. The average molecular weight is 145 g/mol. The van der Waals surface area contributed by atoms with Crippen molar-refractivity contribution in [3.63, 3.8) is 0 Å². The second-order valence-corrected chi connectivity index (χ2v) is 2.81. The van der Waals surface area contributed by atoms with Gasteiger partial charge in [-0.05, 0) is 32.4 Å². The molecule has 0 radical (unpaired) electrons. The maximum Gasteiger partial charge on any atom is 0.0487 e. The zero-order valence-corrected chi connectivity index (χ0v) is 7.31. The summed E-state index contributed by atoms with van der Waals surface area (Å²) in [6, 6.07) is 0. The molecule has 0 aromatic carbocycles. The molecular weight excluding hydrogens is 126 g/mol. The molecule has 0 aromatic rings. The molecule has 0 saturated heterocycles. The van der Waals surface area contributed by atoms with Crippen LogP contribution in [-0.2, 0) is 4.74 Å². The summed E-state index contributed by atoms with van der Waals surface area (Å²) in [4.78, 5) is 0. The molecule has 1 unspecified atom stereocenters. The van der Waals surface area contributed by atoms with E-state index in [0.717, 1.165) is 13.2 Å². The van der Waals surface area contributed by atoms with Gasteiger partial charge in [0.1, 0.15) is 0 Å². The Morgan fingerprint density at radius 2 is 2.20 bits per heavy atom. The zero-order valence-electron chi connectivity index (χ0n) is 7.31. The summed E-state index contributed by atoms with van der Waals surface area (Å²) in [6.07, 6.45) is 2.51. The van der Waals surface area contributed by atoms with E-state index in [1.165, 1.54) is 12.8 Å². The van der Waals surface area contributed by atoms with E-state index in [2.05, 4.69) is 12.2 Å². The van der Waals surface area contributed by atoms with Gasteiger partial charge in [-0.2, -0.15) is 0 Å². The highest BCUT2D eigenvalue weighted by Gasteiger charge is 1.98. The second kappa shape index (κ2) is 7.03. The van der Waals surface area contributed by atoms with Crippen LogP contribution in [0.5, 0.6) is 0 Å². The van der Waals surface area contributed by atoms with Gasteiger partial charge >= 0.3 is 0 Å². The Labute approximate surface area is 64.0 Å². The SMILES string of the molecule is CNCCCC(C)COC. The number of hydrogen-bond donors (Lipinski definition) is 1. The normalized spacial score (nSPS) is 13.5. The molecule has 0 fully saturated rings. The number of ether oxygens (including phenoxy) is 1. The first kappa shape index (κ1) is 9.92. The van der Waals surface area contributed by atoms with Gasteiger partial charge in [0.05, 0.1) is 0 Å². The molecule has 2 heteroatoms. The van der Waals surface area contributed by atoms with Crippen molar-refractivity contribution >= 4 is 0 Å². The summed E-state index contributed by atoms with van der Waals surface area (Å²) in [5, 5.41) is 3.12. The molecule has 0 bridgehead atoms. The molecule has 0 rings (SSSR count). The Morgan fingerprint density at radius 3 is 2.70 bits per heavy atom. The third-order valence-corrected chi connectivity index (χ3v) is 1.57. The van der Waals surface area contributed by atoms with Crippen molar-refractivity contribution in [2.75, 3.05) is 27.3 Å². The second-order valence-electron chi connectivity index (χ2n) is 2.81. The molecule has 0 saturated carbocycles. The smallest absolute Gasteiger partial charge is 0.0487 e. The van der Waals surface area contributed by atoms with Crippen molar-refractivity contribution in [2.24, 2.45) is 5.92 Å². The molecule has 0 aliphatic heterocycles. The van der Waals surface area contributed by atoms with Gasteiger partial charge in [0.25, 0.3) is 0 Å². The van der Waals surface area contributed by atoms with Gasteiger partial charge in [-0.15, -0.1) is 0 Å². The van der Waals surface area contributed by atoms with E-state index in [4.69, 9.17) is 4.74 Å². The topological polar surface area (TPSA) is 21.3 Å². The average Bonchev–Trinajstić information content (AvgIpc) is 1.89. The number of nitrogens with one attached hydrogen (secondary N) is 1. The van der Waals surface area contributed by atoms with E-state index in [9.17, 15) is 0 Å². The van der Waals surface area contributed by atoms with Crippen molar-refractivity contribution in [1.82, 2.24) is 5.32 Å². The van der Waals surface area contributed by atoms with Gasteiger partial charge in [0.15, 0.2) is 0 Å². The third kappa shape index (κ3) is 6.05. The Morgan fingerprint density at radius 1 is 1.50 bits per heavy atom. The van der Waals surface area contributed by atoms with Crippen molar-refractivity contribution in [3.8, 4) is 0 Å². The maximum absolute atomic E-state index is 5.01. The van der Waals surface area contributed by atoms with Crippen molar-refractivity contribution in [3.05, 3.63) is 0 Å². The van der Waals surface area contributed by atoms with Gasteiger partial charge < -0.3 is 10.1 Å². The molecule has 0 aliphatic rings. The molecule has 62 valence electrons. The molecule has 0 aromatic heterocycles. The fraction of sp³-hybridized carbons (Fsp3) is 1.00. The first-order valence-electron chi connectivity index (χ1n) is 3.94. The minimum absolute atomic E-state index is 0.707. The van der Waals surface area contributed by atoms with E-state index in [1.807, 2.05) is 7.05 Å². The first-order valence-corrected chi connectivity index (χ1v) is 3.94. The lowest BCUT2D eigenvalue weighted by atomic mass is 10.1. The van der Waals surface area contributed by atoms with Gasteiger partial charge in [0.2, 0.25) is 0 Å². The van der Waals surface area contributed by atoms with Crippen LogP contribution >= 0.6 is 0 Å². The molecule has 0 aliphatic carbocycles. The predicted octanol–water partition coefficient (Wildman–Crippen LogP) is 1.27. The number of rotatable bonds is 6. The Bertz CT molecular complexity index is 66.3. The highest BCUT2D eigenvalue weighted by Crippen LogP contribution is 2.03. The van der Waals surface area contributed by atoms with Crippen LogP contribution in [0.25, 0.3) is 0 Å². The van der Waals surface area contributed by atoms with Crippen LogP contribution in [0, 0.1) is 5.92 Å². The van der Waals surface area contributed by atoms with E-state index in [0.29, 0.717) is 5.92 Å². The molecular formula is C8H19NO. The van der Waals surface area contributed by atoms with E-state index >= 15 is 0 Å². The molecule has 1 N–H and O–H groups in total.